The fraction of sp³-hybridized carbons (Fsp3) is 0.455. The first-order chi connectivity index (χ1) is 6.48. The molecule has 0 aromatic heterocycles. The van der Waals surface area contributed by atoms with Crippen LogP contribution in [-0.4, -0.2) is 0 Å². The summed E-state index contributed by atoms with van der Waals surface area (Å²) in [6.45, 7) is 2.11. The van der Waals surface area contributed by atoms with Gasteiger partial charge < -0.3 is 0 Å². The molecular formula is C11H11F3. The predicted molar refractivity (Wildman–Crippen MR) is 48.0 cm³/mol. The fourth-order valence-electron chi connectivity index (χ4n) is 1.71. The zero-order valence-corrected chi connectivity index (χ0v) is 7.81. The van der Waals surface area contributed by atoms with Crippen molar-refractivity contribution in [2.75, 3.05) is 0 Å². The lowest BCUT2D eigenvalue weighted by Gasteiger charge is -2.06. The molecule has 2 unspecified atom stereocenters. The summed E-state index contributed by atoms with van der Waals surface area (Å²) in [6, 6.07) is 5.52. The van der Waals surface area contributed by atoms with Crippen LogP contribution in [0.3, 0.4) is 0 Å². The molecule has 0 aliphatic heterocycles. The Kier molecular flexibility index (Phi) is 2.05. The molecule has 1 aromatic rings. The quantitative estimate of drug-likeness (QED) is 0.646. The van der Waals surface area contributed by atoms with Gasteiger partial charge in [0.15, 0.2) is 0 Å². The third kappa shape index (κ3) is 1.76. The van der Waals surface area contributed by atoms with E-state index in [1.807, 2.05) is 0 Å². The monoisotopic (exact) mass is 200 g/mol. The standard InChI is InChI=1S/C11H11F3/c1-7-6-10(7)8-2-4-9(5-3-8)11(12,13)14/h2-5,7,10H,6H2,1H3. The molecule has 1 aromatic carbocycles. The SMILES string of the molecule is CC1CC1c1ccc(C(F)(F)F)cc1. The van der Waals surface area contributed by atoms with Gasteiger partial charge in [0.25, 0.3) is 0 Å². The van der Waals surface area contributed by atoms with Crippen LogP contribution in [0, 0.1) is 5.92 Å². The Labute approximate surface area is 80.7 Å². The number of hydrogen-bond acceptors (Lipinski definition) is 0. The number of benzene rings is 1. The average molecular weight is 200 g/mol. The van der Waals surface area contributed by atoms with Gasteiger partial charge in [0, 0.05) is 0 Å². The summed E-state index contributed by atoms with van der Waals surface area (Å²) in [5.41, 5.74) is 0.472. The minimum atomic E-state index is -4.21. The highest BCUT2D eigenvalue weighted by Gasteiger charge is 2.35. The van der Waals surface area contributed by atoms with Gasteiger partial charge in [0.05, 0.1) is 5.56 Å². The van der Waals surface area contributed by atoms with E-state index in [1.54, 1.807) is 12.1 Å². The van der Waals surface area contributed by atoms with Gasteiger partial charge in [-0.3, -0.25) is 0 Å². The first-order valence-corrected chi connectivity index (χ1v) is 4.65. The van der Waals surface area contributed by atoms with Gasteiger partial charge in [-0.25, -0.2) is 0 Å². The average Bonchev–Trinajstić information content (AvgIpc) is 2.81. The Morgan fingerprint density at radius 2 is 1.64 bits per heavy atom. The molecule has 2 rings (SSSR count). The van der Waals surface area contributed by atoms with Crippen LogP contribution in [0.15, 0.2) is 24.3 Å². The Morgan fingerprint density at radius 3 is 2.00 bits per heavy atom. The van der Waals surface area contributed by atoms with Crippen LogP contribution in [0.2, 0.25) is 0 Å². The molecule has 0 bridgehead atoms. The van der Waals surface area contributed by atoms with Crippen molar-refractivity contribution >= 4 is 0 Å². The van der Waals surface area contributed by atoms with Crippen LogP contribution in [0.25, 0.3) is 0 Å². The van der Waals surface area contributed by atoms with Crippen molar-refractivity contribution in [3.8, 4) is 0 Å². The van der Waals surface area contributed by atoms with E-state index < -0.39 is 11.7 Å². The highest BCUT2D eigenvalue weighted by Crippen LogP contribution is 2.47. The molecule has 0 radical (unpaired) electrons. The highest BCUT2D eigenvalue weighted by molar-refractivity contribution is 5.30. The largest absolute Gasteiger partial charge is 0.416 e. The lowest BCUT2D eigenvalue weighted by molar-refractivity contribution is -0.137. The number of alkyl halides is 3. The Bertz CT molecular complexity index is 323. The van der Waals surface area contributed by atoms with Crippen LogP contribution >= 0.6 is 0 Å². The lowest BCUT2D eigenvalue weighted by Crippen LogP contribution is -2.04. The van der Waals surface area contributed by atoms with E-state index in [2.05, 4.69) is 6.92 Å². The number of hydrogen-bond donors (Lipinski definition) is 0. The van der Waals surface area contributed by atoms with E-state index in [-0.39, 0.29) is 0 Å². The first kappa shape index (κ1) is 9.56. The van der Waals surface area contributed by atoms with E-state index in [0.717, 1.165) is 12.0 Å². The second-order valence-electron chi connectivity index (χ2n) is 3.94. The number of halogens is 3. The minimum Gasteiger partial charge on any atom is -0.166 e. The zero-order valence-electron chi connectivity index (χ0n) is 7.81. The van der Waals surface area contributed by atoms with Gasteiger partial charge in [-0.1, -0.05) is 19.1 Å². The van der Waals surface area contributed by atoms with E-state index in [0.29, 0.717) is 11.8 Å². The van der Waals surface area contributed by atoms with Gasteiger partial charge in [-0.05, 0) is 36.0 Å². The number of rotatable bonds is 1. The molecule has 0 spiro atoms. The Balaban J connectivity index is 2.18. The Morgan fingerprint density at radius 1 is 1.14 bits per heavy atom. The maximum Gasteiger partial charge on any atom is 0.416 e. The smallest absolute Gasteiger partial charge is 0.166 e. The van der Waals surface area contributed by atoms with Gasteiger partial charge in [-0.15, -0.1) is 0 Å². The van der Waals surface area contributed by atoms with Crippen molar-refractivity contribution in [1.29, 1.82) is 0 Å². The molecule has 1 fully saturated rings. The summed E-state index contributed by atoms with van der Waals surface area (Å²) in [7, 11) is 0. The van der Waals surface area contributed by atoms with Crippen molar-refractivity contribution in [3.63, 3.8) is 0 Å². The minimum absolute atomic E-state index is 0.484. The second-order valence-corrected chi connectivity index (χ2v) is 3.94. The molecule has 2 atom stereocenters. The summed E-state index contributed by atoms with van der Waals surface area (Å²) >= 11 is 0. The van der Waals surface area contributed by atoms with E-state index >= 15 is 0 Å². The van der Waals surface area contributed by atoms with Crippen molar-refractivity contribution in [2.45, 2.75) is 25.4 Å². The summed E-state index contributed by atoms with van der Waals surface area (Å²) in [6.07, 6.45) is -3.11. The van der Waals surface area contributed by atoms with E-state index in [1.165, 1.54) is 12.1 Å². The summed E-state index contributed by atoms with van der Waals surface area (Å²) < 4.78 is 36.6. The van der Waals surface area contributed by atoms with E-state index in [9.17, 15) is 13.2 Å². The van der Waals surface area contributed by atoms with Crippen LogP contribution in [0.4, 0.5) is 13.2 Å². The molecule has 0 nitrogen and oxygen atoms in total. The molecule has 0 amide bonds. The molecule has 76 valence electrons. The zero-order chi connectivity index (χ0) is 10.3. The first-order valence-electron chi connectivity index (χ1n) is 4.65. The van der Waals surface area contributed by atoms with Crippen LogP contribution in [0.1, 0.15) is 30.4 Å². The van der Waals surface area contributed by atoms with Gasteiger partial charge in [0.2, 0.25) is 0 Å². The van der Waals surface area contributed by atoms with Crippen LogP contribution < -0.4 is 0 Å². The summed E-state index contributed by atoms with van der Waals surface area (Å²) in [5.74, 6) is 1.11. The predicted octanol–water partition coefficient (Wildman–Crippen LogP) is 3.83. The molecule has 0 N–H and O–H groups in total. The normalized spacial score (nSPS) is 26.3. The maximum absolute atomic E-state index is 12.2. The molecule has 0 heterocycles. The molecular weight excluding hydrogens is 189 g/mol. The van der Waals surface area contributed by atoms with Gasteiger partial charge in [-0.2, -0.15) is 13.2 Å². The highest BCUT2D eigenvalue weighted by atomic mass is 19.4. The van der Waals surface area contributed by atoms with Gasteiger partial charge in [0.1, 0.15) is 0 Å². The summed E-state index contributed by atoms with van der Waals surface area (Å²) in [5, 5.41) is 0. The van der Waals surface area contributed by atoms with Crippen molar-refractivity contribution in [2.24, 2.45) is 5.92 Å². The molecule has 1 aliphatic carbocycles. The third-order valence-electron chi connectivity index (χ3n) is 2.78. The third-order valence-corrected chi connectivity index (χ3v) is 2.78. The summed E-state index contributed by atoms with van der Waals surface area (Å²) in [4.78, 5) is 0. The Hall–Kier alpha value is -0.990. The second kappa shape index (κ2) is 3.01. The van der Waals surface area contributed by atoms with Crippen LogP contribution in [-0.2, 0) is 6.18 Å². The molecule has 14 heavy (non-hydrogen) atoms. The molecule has 1 saturated carbocycles. The molecule has 3 heteroatoms. The topological polar surface area (TPSA) is 0 Å². The maximum atomic E-state index is 12.2. The molecule has 1 aliphatic rings. The van der Waals surface area contributed by atoms with Crippen LogP contribution in [0.5, 0.6) is 0 Å². The van der Waals surface area contributed by atoms with Crippen molar-refractivity contribution < 1.29 is 13.2 Å². The molecule has 0 saturated heterocycles. The van der Waals surface area contributed by atoms with Gasteiger partial charge >= 0.3 is 6.18 Å². The lowest BCUT2D eigenvalue weighted by atomic mass is 10.1. The van der Waals surface area contributed by atoms with E-state index in [4.69, 9.17) is 0 Å². The van der Waals surface area contributed by atoms with Crippen molar-refractivity contribution in [1.82, 2.24) is 0 Å². The fourth-order valence-corrected chi connectivity index (χ4v) is 1.71. The van der Waals surface area contributed by atoms with Crippen molar-refractivity contribution in [3.05, 3.63) is 35.4 Å².